The third kappa shape index (κ3) is 5.43. The van der Waals surface area contributed by atoms with Crippen LogP contribution in [0.4, 0.5) is 11.4 Å². The number of hydrogen-bond donors (Lipinski definition) is 1. The summed E-state index contributed by atoms with van der Waals surface area (Å²) in [6.45, 7) is 7.34. The van der Waals surface area contributed by atoms with Crippen molar-refractivity contribution in [2.24, 2.45) is 0 Å². The van der Waals surface area contributed by atoms with Crippen LogP contribution in [0.25, 0.3) is 0 Å². The number of carbonyl (C=O) groups excluding carboxylic acids is 2. The summed E-state index contributed by atoms with van der Waals surface area (Å²) >= 11 is 0. The molecule has 154 valence electrons. The normalized spacial score (nSPS) is 15.2. The summed E-state index contributed by atoms with van der Waals surface area (Å²) in [4.78, 5) is 28.5. The molecule has 1 aliphatic heterocycles. The molecule has 2 aromatic rings. The summed E-state index contributed by atoms with van der Waals surface area (Å²) in [5, 5.41) is 2.72. The molecular formula is C23H29N3O3. The van der Waals surface area contributed by atoms with Gasteiger partial charge >= 0.3 is 0 Å². The van der Waals surface area contributed by atoms with Crippen molar-refractivity contribution in [2.75, 3.05) is 43.6 Å². The van der Waals surface area contributed by atoms with Gasteiger partial charge in [-0.3, -0.25) is 14.5 Å². The van der Waals surface area contributed by atoms with E-state index >= 15 is 0 Å². The van der Waals surface area contributed by atoms with Crippen LogP contribution < -0.4 is 10.2 Å². The number of anilines is 2. The molecule has 1 amide bonds. The largest absolute Gasteiger partial charge is 0.378 e. The van der Waals surface area contributed by atoms with Gasteiger partial charge < -0.3 is 15.0 Å². The van der Waals surface area contributed by atoms with Gasteiger partial charge in [-0.05, 0) is 49.9 Å². The fourth-order valence-corrected chi connectivity index (χ4v) is 3.53. The zero-order valence-electron chi connectivity index (χ0n) is 17.4. The van der Waals surface area contributed by atoms with Gasteiger partial charge in [0.15, 0.2) is 5.78 Å². The number of ketones is 1. The molecule has 2 aromatic carbocycles. The number of nitrogens with zero attached hydrogens (tertiary/aromatic N) is 2. The quantitative estimate of drug-likeness (QED) is 0.730. The fourth-order valence-electron chi connectivity index (χ4n) is 3.53. The van der Waals surface area contributed by atoms with Crippen molar-refractivity contribution < 1.29 is 14.3 Å². The average Bonchev–Trinajstić information content (AvgIpc) is 2.74. The first kappa shape index (κ1) is 21.0. The summed E-state index contributed by atoms with van der Waals surface area (Å²) < 4.78 is 5.47. The molecule has 0 aromatic heterocycles. The first-order valence-corrected chi connectivity index (χ1v) is 9.98. The van der Waals surface area contributed by atoms with E-state index in [0.717, 1.165) is 26.3 Å². The summed E-state index contributed by atoms with van der Waals surface area (Å²) in [5.41, 5.74) is 3.74. The SMILES string of the molecule is CC(=O)Nc1ccc(C(=O)[C@@H](C)N(C)Cc2ccccc2N2CCOCC2)cc1. The van der Waals surface area contributed by atoms with Gasteiger partial charge in [0.25, 0.3) is 0 Å². The lowest BCUT2D eigenvalue weighted by molar-refractivity contribution is -0.114. The molecule has 0 spiro atoms. The molecule has 1 fully saturated rings. The van der Waals surface area contributed by atoms with Gasteiger partial charge in [0.1, 0.15) is 0 Å². The van der Waals surface area contributed by atoms with Gasteiger partial charge in [0, 0.05) is 43.5 Å². The molecule has 1 heterocycles. The molecule has 3 rings (SSSR count). The Morgan fingerprint density at radius 3 is 2.41 bits per heavy atom. The van der Waals surface area contributed by atoms with E-state index in [2.05, 4.69) is 33.3 Å². The number of hydrogen-bond acceptors (Lipinski definition) is 5. The maximum Gasteiger partial charge on any atom is 0.221 e. The highest BCUT2D eigenvalue weighted by atomic mass is 16.5. The molecule has 0 bridgehead atoms. The predicted molar refractivity (Wildman–Crippen MR) is 115 cm³/mol. The standard InChI is InChI=1S/C23H29N3O3/c1-17(23(28)19-8-10-21(11-9-19)24-18(2)27)25(3)16-20-6-4-5-7-22(20)26-12-14-29-15-13-26/h4-11,17H,12-16H2,1-3H3,(H,24,27)/t17-/m1/s1. The second-order valence-corrected chi connectivity index (χ2v) is 7.44. The number of rotatable bonds is 7. The van der Waals surface area contributed by atoms with Gasteiger partial charge in [0.2, 0.25) is 5.91 Å². The van der Waals surface area contributed by atoms with Crippen molar-refractivity contribution in [2.45, 2.75) is 26.4 Å². The second kappa shape index (κ2) is 9.67. The van der Waals surface area contributed by atoms with Crippen LogP contribution in [0.15, 0.2) is 48.5 Å². The number of Topliss-reactive ketones (excluding diaryl/α,β-unsaturated/α-hetero) is 1. The topological polar surface area (TPSA) is 61.9 Å². The highest BCUT2D eigenvalue weighted by Gasteiger charge is 2.22. The van der Waals surface area contributed by atoms with Crippen molar-refractivity contribution in [3.63, 3.8) is 0 Å². The zero-order valence-corrected chi connectivity index (χ0v) is 17.4. The van der Waals surface area contributed by atoms with Gasteiger partial charge in [-0.25, -0.2) is 0 Å². The van der Waals surface area contributed by atoms with Crippen LogP contribution in [0.2, 0.25) is 0 Å². The molecule has 6 nitrogen and oxygen atoms in total. The molecular weight excluding hydrogens is 366 g/mol. The van der Waals surface area contributed by atoms with E-state index in [9.17, 15) is 9.59 Å². The number of para-hydroxylation sites is 1. The lowest BCUT2D eigenvalue weighted by atomic mass is 10.0. The highest BCUT2D eigenvalue weighted by Crippen LogP contribution is 2.24. The predicted octanol–water partition coefficient (Wildman–Crippen LogP) is 3.18. The van der Waals surface area contributed by atoms with E-state index in [1.54, 1.807) is 24.3 Å². The Morgan fingerprint density at radius 1 is 1.10 bits per heavy atom. The number of nitrogens with one attached hydrogen (secondary N) is 1. The summed E-state index contributed by atoms with van der Waals surface area (Å²) in [6.07, 6.45) is 0. The van der Waals surface area contributed by atoms with E-state index in [-0.39, 0.29) is 17.7 Å². The van der Waals surface area contributed by atoms with Crippen LogP contribution in [-0.4, -0.2) is 56.0 Å². The minimum Gasteiger partial charge on any atom is -0.378 e. The second-order valence-electron chi connectivity index (χ2n) is 7.44. The Hall–Kier alpha value is -2.70. The molecule has 0 aliphatic carbocycles. The maximum absolute atomic E-state index is 12.9. The van der Waals surface area contributed by atoms with Crippen molar-refractivity contribution in [1.82, 2.24) is 4.90 Å². The Kier molecular flexibility index (Phi) is 7.01. The number of benzene rings is 2. The zero-order chi connectivity index (χ0) is 20.8. The Bertz CT molecular complexity index is 845. The summed E-state index contributed by atoms with van der Waals surface area (Å²) in [6, 6.07) is 15.1. The van der Waals surface area contributed by atoms with Crippen LogP contribution in [0.3, 0.4) is 0 Å². The number of ether oxygens (including phenoxy) is 1. The summed E-state index contributed by atoms with van der Waals surface area (Å²) in [7, 11) is 1.98. The smallest absolute Gasteiger partial charge is 0.221 e. The van der Waals surface area contributed by atoms with E-state index < -0.39 is 0 Å². The van der Waals surface area contributed by atoms with Crippen molar-refractivity contribution in [3.05, 3.63) is 59.7 Å². The molecule has 1 N–H and O–H groups in total. The third-order valence-electron chi connectivity index (χ3n) is 5.29. The van der Waals surface area contributed by atoms with Crippen molar-refractivity contribution >= 4 is 23.1 Å². The summed E-state index contributed by atoms with van der Waals surface area (Å²) in [5.74, 6) is -0.0677. The molecule has 0 saturated carbocycles. The Labute approximate surface area is 172 Å². The van der Waals surface area contributed by atoms with Gasteiger partial charge in [-0.1, -0.05) is 18.2 Å². The van der Waals surface area contributed by atoms with E-state index in [4.69, 9.17) is 4.74 Å². The van der Waals surface area contributed by atoms with E-state index in [1.807, 2.05) is 20.0 Å². The molecule has 1 aliphatic rings. The minimum absolute atomic E-state index is 0.0609. The van der Waals surface area contributed by atoms with Crippen LogP contribution in [-0.2, 0) is 16.1 Å². The van der Waals surface area contributed by atoms with E-state index in [1.165, 1.54) is 18.2 Å². The lowest BCUT2D eigenvalue weighted by Crippen LogP contribution is -2.38. The van der Waals surface area contributed by atoms with Crippen molar-refractivity contribution in [3.8, 4) is 0 Å². The van der Waals surface area contributed by atoms with Gasteiger partial charge in [-0.2, -0.15) is 0 Å². The maximum atomic E-state index is 12.9. The Balaban J connectivity index is 1.68. The van der Waals surface area contributed by atoms with Crippen LogP contribution in [0.5, 0.6) is 0 Å². The first-order valence-electron chi connectivity index (χ1n) is 9.98. The lowest BCUT2D eigenvalue weighted by Gasteiger charge is -2.32. The molecule has 1 atom stereocenters. The Morgan fingerprint density at radius 2 is 1.76 bits per heavy atom. The molecule has 0 unspecified atom stereocenters. The third-order valence-corrected chi connectivity index (χ3v) is 5.29. The van der Waals surface area contributed by atoms with Gasteiger partial charge in [0.05, 0.1) is 19.3 Å². The van der Waals surface area contributed by atoms with Crippen LogP contribution in [0.1, 0.15) is 29.8 Å². The fraction of sp³-hybridized carbons (Fsp3) is 0.391. The molecule has 0 radical (unpaired) electrons. The van der Waals surface area contributed by atoms with Crippen LogP contribution >= 0.6 is 0 Å². The number of carbonyl (C=O) groups is 2. The minimum atomic E-state index is -0.264. The van der Waals surface area contributed by atoms with Crippen molar-refractivity contribution in [1.29, 1.82) is 0 Å². The highest BCUT2D eigenvalue weighted by molar-refractivity contribution is 6.00. The first-order chi connectivity index (χ1) is 14.0. The number of morpholine rings is 1. The average molecular weight is 396 g/mol. The van der Waals surface area contributed by atoms with Gasteiger partial charge in [-0.15, -0.1) is 0 Å². The monoisotopic (exact) mass is 395 g/mol. The molecule has 6 heteroatoms. The molecule has 29 heavy (non-hydrogen) atoms. The number of amides is 1. The number of likely N-dealkylation sites (N-methyl/N-ethyl adjacent to an activating group) is 1. The molecule has 1 saturated heterocycles. The van der Waals surface area contributed by atoms with E-state index in [0.29, 0.717) is 17.8 Å². The van der Waals surface area contributed by atoms with Crippen LogP contribution in [0, 0.1) is 0 Å².